The first-order valence-corrected chi connectivity index (χ1v) is 9.94. The van der Waals surface area contributed by atoms with Crippen molar-refractivity contribution in [3.8, 4) is 0 Å². The third-order valence-electron chi connectivity index (χ3n) is 4.15. The van der Waals surface area contributed by atoms with Crippen molar-refractivity contribution in [1.82, 2.24) is 14.9 Å². The molecule has 0 radical (unpaired) electrons. The predicted molar refractivity (Wildman–Crippen MR) is 105 cm³/mol. The van der Waals surface area contributed by atoms with Gasteiger partial charge in [-0.2, -0.15) is 0 Å². The summed E-state index contributed by atoms with van der Waals surface area (Å²) in [6, 6.07) is 7.07. The number of H-pyrrole nitrogens is 1. The number of nitrogens with zero attached hydrogens (tertiary/aromatic N) is 2. The maximum atomic E-state index is 12.4. The van der Waals surface area contributed by atoms with Gasteiger partial charge < -0.3 is 10.3 Å². The Balaban J connectivity index is 1.62. The molecule has 0 spiro atoms. The zero-order chi connectivity index (χ0) is 18.5. The summed E-state index contributed by atoms with van der Waals surface area (Å²) in [4.78, 5) is 34.1. The molecule has 0 unspecified atom stereocenters. The molecule has 26 heavy (non-hydrogen) atoms. The molecule has 138 valence electrons. The summed E-state index contributed by atoms with van der Waals surface area (Å²) in [5.74, 6) is -0.0489. The minimum Gasteiger partial charge on any atom is -0.324 e. The Kier molecular flexibility index (Phi) is 6.34. The van der Waals surface area contributed by atoms with E-state index in [-0.39, 0.29) is 17.2 Å². The molecule has 0 saturated carbocycles. The summed E-state index contributed by atoms with van der Waals surface area (Å²) in [7, 11) is 0. The Morgan fingerprint density at radius 1 is 1.42 bits per heavy atom. The van der Waals surface area contributed by atoms with Crippen molar-refractivity contribution in [2.24, 2.45) is 0 Å². The van der Waals surface area contributed by atoms with Crippen LogP contribution in [0.3, 0.4) is 0 Å². The molecule has 8 heteroatoms. The number of amides is 1. The largest absolute Gasteiger partial charge is 0.324 e. The summed E-state index contributed by atoms with van der Waals surface area (Å²) in [6.07, 6.45) is 1.83. The number of aromatic nitrogens is 2. The van der Waals surface area contributed by atoms with E-state index in [4.69, 9.17) is 11.6 Å². The zero-order valence-corrected chi connectivity index (χ0v) is 16.1. The first-order valence-electron chi connectivity index (χ1n) is 8.58. The molecule has 2 N–H and O–H groups in total. The number of benzene rings is 1. The van der Waals surface area contributed by atoms with Gasteiger partial charge in [-0.25, -0.2) is 4.98 Å². The van der Waals surface area contributed by atoms with E-state index in [1.165, 1.54) is 11.8 Å². The Labute approximate surface area is 161 Å². The van der Waals surface area contributed by atoms with Crippen LogP contribution in [0.25, 0.3) is 0 Å². The van der Waals surface area contributed by atoms with Crippen LogP contribution < -0.4 is 10.9 Å². The molecule has 1 aliphatic heterocycles. The van der Waals surface area contributed by atoms with E-state index in [9.17, 15) is 9.59 Å². The maximum absolute atomic E-state index is 12.4. The van der Waals surface area contributed by atoms with Crippen LogP contribution in [-0.4, -0.2) is 39.6 Å². The summed E-state index contributed by atoms with van der Waals surface area (Å²) in [6.45, 7) is 4.67. The Morgan fingerprint density at radius 3 is 3.00 bits per heavy atom. The van der Waals surface area contributed by atoms with E-state index in [0.717, 1.165) is 37.2 Å². The first-order chi connectivity index (χ1) is 12.6. The lowest BCUT2D eigenvalue weighted by atomic mass is 10.1. The van der Waals surface area contributed by atoms with E-state index in [1.54, 1.807) is 24.3 Å². The fourth-order valence-corrected chi connectivity index (χ4v) is 3.78. The third-order valence-corrected chi connectivity index (χ3v) is 5.36. The van der Waals surface area contributed by atoms with Crippen molar-refractivity contribution >= 4 is 35.0 Å². The highest BCUT2D eigenvalue weighted by atomic mass is 35.5. The first kappa shape index (κ1) is 18.9. The van der Waals surface area contributed by atoms with Crippen molar-refractivity contribution in [3.05, 3.63) is 50.9 Å². The van der Waals surface area contributed by atoms with Gasteiger partial charge >= 0.3 is 0 Å². The van der Waals surface area contributed by atoms with Gasteiger partial charge in [-0.3, -0.25) is 14.5 Å². The number of hydrogen-bond acceptors (Lipinski definition) is 5. The van der Waals surface area contributed by atoms with Gasteiger partial charge in [0.1, 0.15) is 0 Å². The molecule has 0 aliphatic carbocycles. The molecular weight excluding hydrogens is 372 g/mol. The monoisotopic (exact) mass is 392 g/mol. The minimum atomic E-state index is -0.197. The van der Waals surface area contributed by atoms with Crippen molar-refractivity contribution < 1.29 is 4.79 Å². The smallest absolute Gasteiger partial charge is 0.256 e. The normalized spacial score (nSPS) is 14.1. The molecule has 0 fully saturated rings. The van der Waals surface area contributed by atoms with E-state index in [1.807, 2.05) is 0 Å². The fourth-order valence-electron chi connectivity index (χ4n) is 2.92. The second kappa shape index (κ2) is 8.70. The Bertz CT molecular complexity index is 855. The summed E-state index contributed by atoms with van der Waals surface area (Å²) in [5.41, 5.74) is 2.05. The van der Waals surface area contributed by atoms with Crippen LogP contribution in [-0.2, 0) is 17.8 Å². The highest BCUT2D eigenvalue weighted by molar-refractivity contribution is 7.99. The van der Waals surface area contributed by atoms with Crippen LogP contribution >= 0.6 is 23.4 Å². The lowest BCUT2D eigenvalue weighted by molar-refractivity contribution is -0.113. The number of para-hydroxylation sites is 1. The van der Waals surface area contributed by atoms with Gasteiger partial charge in [-0.15, -0.1) is 0 Å². The van der Waals surface area contributed by atoms with Crippen molar-refractivity contribution in [3.63, 3.8) is 0 Å². The number of halogens is 1. The molecule has 1 amide bonds. The van der Waals surface area contributed by atoms with E-state index < -0.39 is 0 Å². The number of carbonyl (C=O) groups excluding carboxylic acids is 1. The van der Waals surface area contributed by atoms with Crippen LogP contribution in [0.1, 0.15) is 24.6 Å². The van der Waals surface area contributed by atoms with Crippen LogP contribution in [0.4, 0.5) is 5.69 Å². The van der Waals surface area contributed by atoms with Crippen LogP contribution in [0.2, 0.25) is 5.02 Å². The molecule has 6 nitrogen and oxygen atoms in total. The molecule has 0 bridgehead atoms. The molecule has 2 heterocycles. The number of rotatable bonds is 6. The number of thioether (sulfide) groups is 1. The van der Waals surface area contributed by atoms with E-state index >= 15 is 0 Å². The average Bonchev–Trinajstić information content (AvgIpc) is 2.63. The van der Waals surface area contributed by atoms with Gasteiger partial charge in [-0.1, -0.05) is 42.4 Å². The minimum absolute atomic E-state index is 0.107. The predicted octanol–water partition coefficient (Wildman–Crippen LogP) is 2.92. The van der Waals surface area contributed by atoms with Crippen LogP contribution in [0, 0.1) is 0 Å². The van der Waals surface area contributed by atoms with Crippen molar-refractivity contribution in [1.29, 1.82) is 0 Å². The van der Waals surface area contributed by atoms with Crippen molar-refractivity contribution in [2.45, 2.75) is 31.5 Å². The lowest BCUT2D eigenvalue weighted by Crippen LogP contribution is -2.36. The molecule has 0 saturated heterocycles. The number of carbonyl (C=O) groups is 1. The Hall–Kier alpha value is -1.83. The Morgan fingerprint density at radius 2 is 2.23 bits per heavy atom. The molecule has 0 atom stereocenters. The van der Waals surface area contributed by atoms with Crippen LogP contribution in [0.15, 0.2) is 34.2 Å². The molecule has 1 aromatic heterocycles. The van der Waals surface area contributed by atoms with E-state index in [2.05, 4.69) is 27.1 Å². The maximum Gasteiger partial charge on any atom is 0.256 e. The molecule has 1 aliphatic rings. The summed E-state index contributed by atoms with van der Waals surface area (Å²) in [5, 5.41) is 3.73. The lowest BCUT2D eigenvalue weighted by Gasteiger charge is -2.27. The number of fused-ring (bicyclic) bond motifs is 1. The zero-order valence-electron chi connectivity index (χ0n) is 14.5. The van der Waals surface area contributed by atoms with Crippen LogP contribution in [0.5, 0.6) is 0 Å². The number of hydrogen-bond donors (Lipinski definition) is 2. The third kappa shape index (κ3) is 4.66. The highest BCUT2D eigenvalue weighted by Gasteiger charge is 2.20. The standard InChI is InChI=1S/C18H21ClN4O2S/c1-2-8-23-9-7-14-12(10-23)17(25)22-18(21-14)26-11-16(24)20-15-6-4-3-5-13(15)19/h3-6H,2,7-11H2,1H3,(H,20,24)(H,21,22,25). The van der Waals surface area contributed by atoms with Gasteiger partial charge in [0.15, 0.2) is 5.16 Å². The summed E-state index contributed by atoms with van der Waals surface area (Å²) >= 11 is 7.25. The van der Waals surface area contributed by atoms with Gasteiger partial charge in [0.05, 0.1) is 27.7 Å². The highest BCUT2D eigenvalue weighted by Crippen LogP contribution is 2.22. The van der Waals surface area contributed by atoms with E-state index in [0.29, 0.717) is 22.4 Å². The summed E-state index contributed by atoms with van der Waals surface area (Å²) < 4.78 is 0. The quantitative estimate of drug-likeness (QED) is 0.583. The van der Waals surface area contributed by atoms with Gasteiger partial charge in [-0.05, 0) is 25.1 Å². The molecular formula is C18H21ClN4O2S. The second-order valence-corrected chi connectivity index (χ2v) is 7.51. The van der Waals surface area contributed by atoms with Gasteiger partial charge in [0.25, 0.3) is 5.56 Å². The number of aromatic amines is 1. The van der Waals surface area contributed by atoms with Gasteiger partial charge in [0.2, 0.25) is 5.91 Å². The molecule has 1 aromatic carbocycles. The fraction of sp³-hybridized carbons (Fsp3) is 0.389. The van der Waals surface area contributed by atoms with Crippen molar-refractivity contribution in [2.75, 3.05) is 24.2 Å². The topological polar surface area (TPSA) is 78.1 Å². The number of anilines is 1. The van der Waals surface area contributed by atoms with Gasteiger partial charge in [0, 0.05) is 19.5 Å². The molecule has 3 rings (SSSR count). The number of nitrogens with one attached hydrogen (secondary N) is 2. The molecule has 2 aromatic rings. The SMILES string of the molecule is CCCN1CCc2nc(SCC(=O)Nc3ccccc3Cl)[nH]c(=O)c2C1. The average molecular weight is 393 g/mol. The second-order valence-electron chi connectivity index (χ2n) is 6.14.